The van der Waals surface area contributed by atoms with Gasteiger partial charge < -0.3 is 15.4 Å². The fourth-order valence-corrected chi connectivity index (χ4v) is 3.11. The van der Waals surface area contributed by atoms with Crippen LogP contribution in [0.1, 0.15) is 23.6 Å². The fourth-order valence-electron chi connectivity index (χ4n) is 3.11. The zero-order valence-corrected chi connectivity index (χ0v) is 17.3. The molecule has 0 aromatic heterocycles. The first kappa shape index (κ1) is 24.8. The highest BCUT2D eigenvalue weighted by molar-refractivity contribution is 5.90. The van der Waals surface area contributed by atoms with Crippen molar-refractivity contribution >= 4 is 17.8 Å². The molecule has 0 saturated heterocycles. The molecular weight excluding hydrogens is 432 g/mol. The molecule has 0 spiro atoms. The zero-order chi connectivity index (χ0) is 23.9. The Hall–Kier alpha value is -3.43. The van der Waals surface area contributed by atoms with Crippen LogP contribution in [0.25, 0.3) is 0 Å². The second kappa shape index (κ2) is 10.7. The van der Waals surface area contributed by atoms with Crippen LogP contribution in [0.4, 0.5) is 17.6 Å². The zero-order valence-electron chi connectivity index (χ0n) is 17.3. The predicted molar refractivity (Wildman–Crippen MR) is 107 cm³/mol. The van der Waals surface area contributed by atoms with E-state index in [1.807, 2.05) is 0 Å². The molecule has 0 heterocycles. The molecule has 2 atom stereocenters. The van der Waals surface area contributed by atoms with E-state index in [0.717, 1.165) is 13.2 Å². The third-order valence-corrected chi connectivity index (χ3v) is 4.60. The van der Waals surface area contributed by atoms with Crippen LogP contribution in [0.2, 0.25) is 0 Å². The Morgan fingerprint density at radius 3 is 2.12 bits per heavy atom. The van der Waals surface area contributed by atoms with Crippen molar-refractivity contribution in [3.63, 3.8) is 0 Å². The van der Waals surface area contributed by atoms with E-state index < -0.39 is 53.8 Å². The van der Waals surface area contributed by atoms with E-state index in [0.29, 0.717) is 5.56 Å². The minimum Gasteiger partial charge on any atom is -0.467 e. The average molecular weight is 454 g/mol. The third kappa shape index (κ3) is 7.07. The minimum atomic E-state index is -4.65. The molecule has 2 aromatic carbocycles. The number of carbonyl (C=O) groups is 3. The number of hydrogen-bond donors (Lipinski definition) is 2. The van der Waals surface area contributed by atoms with Gasteiger partial charge in [0, 0.05) is 19.8 Å². The first-order chi connectivity index (χ1) is 15.0. The Morgan fingerprint density at radius 2 is 1.56 bits per heavy atom. The summed E-state index contributed by atoms with van der Waals surface area (Å²) in [6.07, 6.45) is -5.15. The van der Waals surface area contributed by atoms with Crippen molar-refractivity contribution in [1.29, 1.82) is 0 Å². The summed E-state index contributed by atoms with van der Waals surface area (Å²) < 4.78 is 57.7. The Kier molecular flexibility index (Phi) is 8.34. The van der Waals surface area contributed by atoms with E-state index in [1.54, 1.807) is 0 Å². The number of rotatable bonds is 8. The van der Waals surface area contributed by atoms with Gasteiger partial charge in [-0.2, -0.15) is 13.2 Å². The summed E-state index contributed by atoms with van der Waals surface area (Å²) in [6.45, 7) is 1.18. The van der Waals surface area contributed by atoms with E-state index in [9.17, 15) is 31.9 Å². The van der Waals surface area contributed by atoms with Gasteiger partial charge in [0.05, 0.1) is 12.7 Å². The molecule has 2 N–H and O–H groups in total. The van der Waals surface area contributed by atoms with Gasteiger partial charge in [0.1, 0.15) is 17.9 Å². The number of carbonyl (C=O) groups excluding carboxylic acids is 3. The molecule has 0 radical (unpaired) electrons. The van der Waals surface area contributed by atoms with Gasteiger partial charge in [-0.3, -0.25) is 9.59 Å². The number of benzene rings is 2. The summed E-state index contributed by atoms with van der Waals surface area (Å²) in [5.74, 6) is -2.77. The number of alkyl halides is 3. The van der Waals surface area contributed by atoms with Crippen molar-refractivity contribution in [2.24, 2.45) is 0 Å². The monoisotopic (exact) mass is 454 g/mol. The molecular formula is C22H22F4N2O4. The van der Waals surface area contributed by atoms with Crippen LogP contribution in [0.15, 0.2) is 48.5 Å². The number of nitrogens with one attached hydrogen (secondary N) is 2. The molecule has 0 aliphatic heterocycles. The van der Waals surface area contributed by atoms with Crippen molar-refractivity contribution in [2.45, 2.75) is 38.0 Å². The molecule has 0 aliphatic carbocycles. The van der Waals surface area contributed by atoms with Gasteiger partial charge in [-0.1, -0.05) is 30.3 Å². The molecule has 2 rings (SSSR count). The SMILES string of the molecule is COC(=O)[C@H](Cc1ccccc1C(F)(F)F)NC(=O)[C@@H](Cc1ccc(F)cc1)NC(C)=O. The van der Waals surface area contributed by atoms with Crippen LogP contribution < -0.4 is 10.6 Å². The van der Waals surface area contributed by atoms with Gasteiger partial charge >= 0.3 is 12.1 Å². The largest absolute Gasteiger partial charge is 0.467 e. The smallest absolute Gasteiger partial charge is 0.416 e. The maximum atomic E-state index is 13.3. The Labute approximate surface area is 181 Å². The molecule has 6 nitrogen and oxygen atoms in total. The lowest BCUT2D eigenvalue weighted by Gasteiger charge is -2.23. The number of esters is 1. The summed E-state index contributed by atoms with van der Waals surface area (Å²) in [4.78, 5) is 36.6. The number of ether oxygens (including phenoxy) is 1. The summed E-state index contributed by atoms with van der Waals surface area (Å²) >= 11 is 0. The molecule has 10 heteroatoms. The highest BCUT2D eigenvalue weighted by Gasteiger charge is 2.35. The van der Waals surface area contributed by atoms with E-state index >= 15 is 0 Å². The van der Waals surface area contributed by atoms with Gasteiger partial charge in [0.25, 0.3) is 0 Å². The lowest BCUT2D eigenvalue weighted by atomic mass is 9.99. The molecule has 2 aromatic rings. The van der Waals surface area contributed by atoms with Crippen molar-refractivity contribution in [3.05, 3.63) is 71.0 Å². The molecule has 172 valence electrons. The van der Waals surface area contributed by atoms with E-state index in [-0.39, 0.29) is 12.0 Å². The molecule has 32 heavy (non-hydrogen) atoms. The van der Waals surface area contributed by atoms with Gasteiger partial charge in [0.2, 0.25) is 11.8 Å². The maximum Gasteiger partial charge on any atom is 0.416 e. The van der Waals surface area contributed by atoms with Crippen LogP contribution >= 0.6 is 0 Å². The second-order valence-corrected chi connectivity index (χ2v) is 7.03. The van der Waals surface area contributed by atoms with Gasteiger partial charge in [-0.25, -0.2) is 9.18 Å². The summed E-state index contributed by atoms with van der Waals surface area (Å²) in [5.41, 5.74) is -0.615. The molecule has 0 aliphatic rings. The number of halogens is 4. The van der Waals surface area contributed by atoms with Gasteiger partial charge in [0.15, 0.2) is 0 Å². The van der Waals surface area contributed by atoms with Crippen LogP contribution in [0, 0.1) is 5.82 Å². The first-order valence-corrected chi connectivity index (χ1v) is 9.56. The van der Waals surface area contributed by atoms with Crippen LogP contribution in [0.5, 0.6) is 0 Å². The summed E-state index contributed by atoms with van der Waals surface area (Å²) in [7, 11) is 1.04. The molecule has 2 amide bonds. The molecule has 0 bridgehead atoms. The lowest BCUT2D eigenvalue weighted by Crippen LogP contribution is -2.53. The van der Waals surface area contributed by atoms with E-state index in [4.69, 9.17) is 0 Å². The van der Waals surface area contributed by atoms with Crippen molar-refractivity contribution < 1.29 is 36.7 Å². The molecule has 0 unspecified atom stereocenters. The normalized spacial score (nSPS) is 13.1. The Balaban J connectivity index is 2.25. The topological polar surface area (TPSA) is 84.5 Å². The highest BCUT2D eigenvalue weighted by atomic mass is 19.4. The number of amides is 2. The van der Waals surface area contributed by atoms with Crippen LogP contribution in [0.3, 0.4) is 0 Å². The number of methoxy groups -OCH3 is 1. The summed E-state index contributed by atoms with van der Waals surface area (Å²) in [5, 5.41) is 4.79. The van der Waals surface area contributed by atoms with Crippen LogP contribution in [-0.4, -0.2) is 37.0 Å². The van der Waals surface area contributed by atoms with E-state index in [1.165, 1.54) is 49.4 Å². The van der Waals surface area contributed by atoms with Crippen molar-refractivity contribution in [2.75, 3.05) is 7.11 Å². The fraction of sp³-hybridized carbons (Fsp3) is 0.318. The van der Waals surface area contributed by atoms with Gasteiger partial charge in [-0.05, 0) is 29.3 Å². The van der Waals surface area contributed by atoms with Crippen molar-refractivity contribution in [1.82, 2.24) is 10.6 Å². The highest BCUT2D eigenvalue weighted by Crippen LogP contribution is 2.32. The van der Waals surface area contributed by atoms with Crippen LogP contribution in [-0.2, 0) is 38.1 Å². The average Bonchev–Trinajstić information content (AvgIpc) is 2.73. The first-order valence-electron chi connectivity index (χ1n) is 9.56. The standard InChI is InChI=1S/C22H22F4N2O4/c1-13(29)27-18(11-14-7-9-16(23)10-8-14)20(30)28-19(21(31)32-2)12-15-5-3-4-6-17(15)22(24,25)26/h3-10,18-19H,11-12H2,1-2H3,(H,27,29)(H,28,30)/t18-,19+/m1/s1. The minimum absolute atomic E-state index is 0.0290. The summed E-state index contributed by atoms with van der Waals surface area (Å²) in [6, 6.07) is 7.32. The molecule has 0 fully saturated rings. The maximum absolute atomic E-state index is 13.3. The predicted octanol–water partition coefficient (Wildman–Crippen LogP) is 2.79. The van der Waals surface area contributed by atoms with E-state index in [2.05, 4.69) is 15.4 Å². The number of hydrogen-bond acceptors (Lipinski definition) is 4. The quantitative estimate of drug-likeness (QED) is 0.475. The Morgan fingerprint density at radius 1 is 0.938 bits per heavy atom. The van der Waals surface area contributed by atoms with Gasteiger partial charge in [-0.15, -0.1) is 0 Å². The Bertz CT molecular complexity index is 961. The third-order valence-electron chi connectivity index (χ3n) is 4.60. The lowest BCUT2D eigenvalue weighted by molar-refractivity contribution is -0.146. The molecule has 0 saturated carbocycles. The second-order valence-electron chi connectivity index (χ2n) is 7.03. The van der Waals surface area contributed by atoms with Crippen molar-refractivity contribution in [3.8, 4) is 0 Å².